The van der Waals surface area contributed by atoms with Crippen LogP contribution in [0.1, 0.15) is 15.9 Å². The van der Waals surface area contributed by atoms with E-state index in [0.717, 1.165) is 6.26 Å². The normalized spacial score (nSPS) is 11.2. The van der Waals surface area contributed by atoms with Gasteiger partial charge in [-0.05, 0) is 42.8 Å². The van der Waals surface area contributed by atoms with Gasteiger partial charge in [-0.25, -0.2) is 17.8 Å². The van der Waals surface area contributed by atoms with Crippen molar-refractivity contribution in [1.29, 1.82) is 0 Å². The van der Waals surface area contributed by atoms with E-state index in [1.54, 1.807) is 6.92 Å². The summed E-state index contributed by atoms with van der Waals surface area (Å²) in [6.07, 6.45) is 2.31. The molecule has 0 unspecified atom stereocenters. The van der Waals surface area contributed by atoms with Crippen LogP contribution in [0.4, 0.5) is 10.1 Å². The van der Waals surface area contributed by atoms with Crippen LogP contribution in [0.15, 0.2) is 41.6 Å². The van der Waals surface area contributed by atoms with E-state index in [9.17, 15) is 17.6 Å². The summed E-state index contributed by atoms with van der Waals surface area (Å²) < 4.78 is 35.7. The number of nitrogens with one attached hydrogen (secondary N) is 1. The maximum Gasteiger partial charge on any atom is 0.255 e. The summed E-state index contributed by atoms with van der Waals surface area (Å²) in [5, 5.41) is 2.49. The number of amides is 1. The van der Waals surface area contributed by atoms with Crippen LogP contribution in [-0.4, -0.2) is 25.6 Å². The van der Waals surface area contributed by atoms with Gasteiger partial charge in [-0.15, -0.1) is 0 Å². The number of aromatic nitrogens is 1. The molecule has 0 aliphatic heterocycles. The first-order chi connectivity index (χ1) is 9.77. The number of hydrogen-bond donors (Lipinski definition) is 1. The second-order valence-corrected chi connectivity index (χ2v) is 6.54. The minimum absolute atomic E-state index is 0.0712. The van der Waals surface area contributed by atoms with Gasteiger partial charge < -0.3 is 5.32 Å². The zero-order valence-electron chi connectivity index (χ0n) is 11.4. The first-order valence-electron chi connectivity index (χ1n) is 6.01. The third-order valence-corrected chi connectivity index (χ3v) is 3.80. The van der Waals surface area contributed by atoms with Crippen molar-refractivity contribution >= 4 is 21.4 Å². The lowest BCUT2D eigenvalue weighted by atomic mass is 10.1. The molecular weight excluding hydrogens is 295 g/mol. The van der Waals surface area contributed by atoms with E-state index in [2.05, 4.69) is 10.3 Å². The van der Waals surface area contributed by atoms with Gasteiger partial charge in [0.05, 0.1) is 11.9 Å². The molecule has 7 heteroatoms. The molecule has 0 fully saturated rings. The second kappa shape index (κ2) is 5.61. The Morgan fingerprint density at radius 1 is 1.24 bits per heavy atom. The molecule has 0 atom stereocenters. The van der Waals surface area contributed by atoms with Crippen molar-refractivity contribution in [3.8, 4) is 0 Å². The molecule has 1 aromatic carbocycles. The first-order valence-corrected chi connectivity index (χ1v) is 7.90. The molecule has 0 aliphatic carbocycles. The molecule has 1 amide bonds. The largest absolute Gasteiger partial charge is 0.321 e. The van der Waals surface area contributed by atoms with E-state index in [1.807, 2.05) is 0 Å². The Balaban J connectivity index is 2.18. The highest BCUT2D eigenvalue weighted by Crippen LogP contribution is 2.14. The molecule has 2 aromatic rings. The number of nitrogens with zero attached hydrogens (tertiary/aromatic N) is 1. The SMILES string of the molecule is Cc1cc(C(=O)Nc2ccc(S(C)(=O)=O)nc2)ccc1F. The molecule has 1 aromatic heterocycles. The molecule has 0 spiro atoms. The molecule has 5 nitrogen and oxygen atoms in total. The lowest BCUT2D eigenvalue weighted by Gasteiger charge is -2.06. The van der Waals surface area contributed by atoms with Crippen molar-refractivity contribution in [2.24, 2.45) is 0 Å². The summed E-state index contributed by atoms with van der Waals surface area (Å²) in [4.78, 5) is 15.7. The van der Waals surface area contributed by atoms with E-state index in [-0.39, 0.29) is 10.8 Å². The Labute approximate surface area is 121 Å². The Morgan fingerprint density at radius 2 is 1.95 bits per heavy atom. The minimum Gasteiger partial charge on any atom is -0.321 e. The van der Waals surface area contributed by atoms with E-state index in [0.29, 0.717) is 16.8 Å². The zero-order chi connectivity index (χ0) is 15.6. The van der Waals surface area contributed by atoms with E-state index < -0.39 is 15.7 Å². The fourth-order valence-electron chi connectivity index (χ4n) is 1.66. The van der Waals surface area contributed by atoms with Gasteiger partial charge in [0.1, 0.15) is 5.82 Å². The van der Waals surface area contributed by atoms with Crippen molar-refractivity contribution in [2.45, 2.75) is 11.9 Å². The fourth-order valence-corrected chi connectivity index (χ4v) is 2.22. The lowest BCUT2D eigenvalue weighted by molar-refractivity contribution is 0.102. The third kappa shape index (κ3) is 3.63. The van der Waals surface area contributed by atoms with E-state index in [4.69, 9.17) is 0 Å². The maximum atomic E-state index is 13.1. The van der Waals surface area contributed by atoms with Crippen molar-refractivity contribution in [2.75, 3.05) is 11.6 Å². The van der Waals surface area contributed by atoms with Crippen molar-refractivity contribution in [3.63, 3.8) is 0 Å². The number of aryl methyl sites for hydroxylation is 1. The molecular formula is C14H13FN2O3S. The number of rotatable bonds is 3. The van der Waals surface area contributed by atoms with Crippen LogP contribution < -0.4 is 5.32 Å². The van der Waals surface area contributed by atoms with Crippen molar-refractivity contribution in [1.82, 2.24) is 4.98 Å². The highest BCUT2D eigenvalue weighted by Gasteiger charge is 2.11. The molecule has 2 rings (SSSR count). The van der Waals surface area contributed by atoms with Crippen LogP contribution in [0.2, 0.25) is 0 Å². The van der Waals surface area contributed by atoms with Crippen LogP contribution in [-0.2, 0) is 9.84 Å². The Kier molecular flexibility index (Phi) is 4.04. The lowest BCUT2D eigenvalue weighted by Crippen LogP contribution is -2.13. The number of benzene rings is 1. The summed E-state index contributed by atoms with van der Waals surface area (Å²) in [6, 6.07) is 6.77. The molecule has 0 saturated heterocycles. The smallest absolute Gasteiger partial charge is 0.255 e. The van der Waals surface area contributed by atoms with Gasteiger partial charge in [-0.2, -0.15) is 0 Å². The summed E-state index contributed by atoms with van der Waals surface area (Å²) in [5.74, 6) is -0.808. The fraction of sp³-hybridized carbons (Fsp3) is 0.143. The van der Waals surface area contributed by atoms with E-state index >= 15 is 0 Å². The average Bonchev–Trinajstić information content (AvgIpc) is 2.41. The van der Waals surface area contributed by atoms with Gasteiger partial charge in [0.25, 0.3) is 5.91 Å². The highest BCUT2D eigenvalue weighted by atomic mass is 32.2. The number of pyridine rings is 1. The van der Waals surface area contributed by atoms with Gasteiger partial charge >= 0.3 is 0 Å². The molecule has 0 radical (unpaired) electrons. The molecule has 1 heterocycles. The number of carbonyl (C=O) groups excluding carboxylic acids is 1. The number of carbonyl (C=O) groups is 1. The van der Waals surface area contributed by atoms with Gasteiger partial charge in [0.2, 0.25) is 0 Å². The highest BCUT2D eigenvalue weighted by molar-refractivity contribution is 7.90. The Hall–Kier alpha value is -2.28. The van der Waals surface area contributed by atoms with Gasteiger partial charge in [0, 0.05) is 11.8 Å². The Bertz CT molecular complexity index is 786. The van der Waals surface area contributed by atoms with Gasteiger partial charge in [-0.3, -0.25) is 4.79 Å². The quantitative estimate of drug-likeness (QED) is 0.943. The predicted molar refractivity (Wildman–Crippen MR) is 76.4 cm³/mol. The monoisotopic (exact) mass is 308 g/mol. The van der Waals surface area contributed by atoms with Crippen molar-refractivity contribution < 1.29 is 17.6 Å². The summed E-state index contributed by atoms with van der Waals surface area (Å²) >= 11 is 0. The zero-order valence-corrected chi connectivity index (χ0v) is 12.2. The summed E-state index contributed by atoms with van der Waals surface area (Å²) in [7, 11) is -3.38. The molecule has 1 N–H and O–H groups in total. The average molecular weight is 308 g/mol. The third-order valence-electron chi connectivity index (χ3n) is 2.79. The van der Waals surface area contributed by atoms with Crippen molar-refractivity contribution in [3.05, 3.63) is 53.5 Å². The Morgan fingerprint density at radius 3 is 2.48 bits per heavy atom. The standard InChI is InChI=1S/C14H13FN2O3S/c1-9-7-10(3-5-12(9)15)14(18)17-11-4-6-13(16-8-11)21(2,19)20/h3-8H,1-2H3,(H,17,18). The predicted octanol–water partition coefficient (Wildman–Crippen LogP) is 2.18. The maximum absolute atomic E-state index is 13.1. The van der Waals surface area contributed by atoms with Gasteiger partial charge in [0.15, 0.2) is 14.9 Å². The van der Waals surface area contributed by atoms with E-state index in [1.165, 1.54) is 36.5 Å². The number of hydrogen-bond acceptors (Lipinski definition) is 4. The molecule has 0 saturated carbocycles. The first kappa shape index (κ1) is 15.1. The van der Waals surface area contributed by atoms with Crippen LogP contribution in [0.25, 0.3) is 0 Å². The van der Waals surface area contributed by atoms with Crippen LogP contribution in [0, 0.1) is 12.7 Å². The minimum atomic E-state index is -3.38. The van der Waals surface area contributed by atoms with Crippen LogP contribution in [0.5, 0.6) is 0 Å². The van der Waals surface area contributed by atoms with Crippen LogP contribution >= 0.6 is 0 Å². The number of halogens is 1. The molecule has 110 valence electrons. The summed E-state index contributed by atoms with van der Waals surface area (Å²) in [6.45, 7) is 1.56. The molecule has 21 heavy (non-hydrogen) atoms. The number of anilines is 1. The van der Waals surface area contributed by atoms with Gasteiger partial charge in [-0.1, -0.05) is 0 Å². The number of sulfone groups is 1. The molecule has 0 bridgehead atoms. The second-order valence-electron chi connectivity index (χ2n) is 4.58. The van der Waals surface area contributed by atoms with Crippen LogP contribution in [0.3, 0.4) is 0 Å². The topological polar surface area (TPSA) is 76.1 Å². The molecule has 0 aliphatic rings. The summed E-state index contributed by atoms with van der Waals surface area (Å²) in [5.41, 5.74) is 1.03.